The maximum atomic E-state index is 13.2. The van der Waals surface area contributed by atoms with Gasteiger partial charge in [0.1, 0.15) is 12.2 Å². The SMILES string of the molecule is COCCO[C@@H]1[C@H](O[Si](c2ccccc2)(c2ccccc2)C(C)(C)C)[C@@H](C2CC2P(=O)(O)O)O[C@H]1n1cc(C)c(=O)[nH]c1=O. The molecule has 0 bridgehead atoms. The molecule has 1 aliphatic carbocycles. The van der Waals surface area contributed by atoms with Crippen LogP contribution in [0, 0.1) is 12.8 Å². The number of rotatable bonds is 11. The van der Waals surface area contributed by atoms with E-state index in [0.717, 1.165) is 10.4 Å². The number of aromatic nitrogens is 2. The van der Waals surface area contributed by atoms with Crippen molar-refractivity contribution >= 4 is 26.3 Å². The summed E-state index contributed by atoms with van der Waals surface area (Å²) in [6.45, 7) is 8.39. The molecule has 1 saturated heterocycles. The molecule has 44 heavy (non-hydrogen) atoms. The third-order valence-corrected chi connectivity index (χ3v) is 15.1. The third kappa shape index (κ3) is 6.23. The molecule has 0 radical (unpaired) electrons. The van der Waals surface area contributed by atoms with Crippen LogP contribution in [0.1, 0.15) is 39.0 Å². The van der Waals surface area contributed by atoms with Gasteiger partial charge in [-0.25, -0.2) is 4.79 Å². The number of ether oxygens (including phenoxy) is 3. The van der Waals surface area contributed by atoms with Crippen LogP contribution in [0.5, 0.6) is 0 Å². The maximum Gasteiger partial charge on any atom is 0.330 e. The van der Waals surface area contributed by atoms with Crippen molar-refractivity contribution in [2.45, 2.75) is 69.4 Å². The highest BCUT2D eigenvalue weighted by Crippen LogP contribution is 2.62. The highest BCUT2D eigenvalue weighted by molar-refractivity contribution is 7.53. The Balaban J connectivity index is 1.71. The zero-order chi connectivity index (χ0) is 31.9. The average Bonchev–Trinajstić information content (AvgIpc) is 3.71. The molecule has 2 aliphatic rings. The molecule has 238 valence electrons. The number of hydrogen-bond acceptors (Lipinski definition) is 7. The summed E-state index contributed by atoms with van der Waals surface area (Å²) >= 11 is 0. The van der Waals surface area contributed by atoms with Gasteiger partial charge in [0.05, 0.1) is 25.0 Å². The van der Waals surface area contributed by atoms with E-state index in [1.54, 1.807) is 14.0 Å². The molecule has 2 heterocycles. The standard InChI is InChI=1S/C31H41N2O9PSi/c1-20-19-33(30(35)32-28(20)34)29-27(40-17-16-39-5)26(25(41-29)23-18-24(23)43(36,37)38)42-44(31(2,3)4,21-12-8-6-9-13-21)22-14-10-7-11-15-22/h6-15,19,23-27,29H,16-18H2,1-5H3,(H,32,34,35)(H2,36,37,38)/t23?,24?,25-,26-,27-,29-/m1/s1. The summed E-state index contributed by atoms with van der Waals surface area (Å²) < 4.78 is 39.4. The number of aromatic amines is 1. The molecule has 0 amide bonds. The minimum Gasteiger partial charge on any atom is -0.399 e. The molecular weight excluding hydrogens is 603 g/mol. The summed E-state index contributed by atoms with van der Waals surface area (Å²) in [5, 5.41) is 1.60. The summed E-state index contributed by atoms with van der Waals surface area (Å²) in [6, 6.07) is 20.0. The molecule has 3 N–H and O–H groups in total. The zero-order valence-corrected chi connectivity index (χ0v) is 27.5. The van der Waals surface area contributed by atoms with E-state index in [1.165, 1.54) is 10.8 Å². The minimum absolute atomic E-state index is 0.151. The van der Waals surface area contributed by atoms with Crippen LogP contribution in [0.3, 0.4) is 0 Å². The number of aryl methyl sites for hydroxylation is 1. The first-order chi connectivity index (χ1) is 20.8. The van der Waals surface area contributed by atoms with Crippen molar-refractivity contribution in [1.82, 2.24) is 9.55 Å². The zero-order valence-electron chi connectivity index (χ0n) is 25.6. The van der Waals surface area contributed by atoms with Gasteiger partial charge in [0.2, 0.25) is 0 Å². The Bertz CT molecular complexity index is 1560. The summed E-state index contributed by atoms with van der Waals surface area (Å²) in [5.74, 6) is -0.530. The predicted molar refractivity (Wildman–Crippen MR) is 168 cm³/mol. The van der Waals surface area contributed by atoms with Gasteiger partial charge in [-0.3, -0.25) is 18.9 Å². The van der Waals surface area contributed by atoms with E-state index in [4.69, 9.17) is 18.6 Å². The fourth-order valence-corrected chi connectivity index (χ4v) is 12.3. The van der Waals surface area contributed by atoms with Gasteiger partial charge in [-0.1, -0.05) is 81.4 Å². The Morgan fingerprint density at radius 1 is 1.00 bits per heavy atom. The average molecular weight is 645 g/mol. The lowest BCUT2D eigenvalue weighted by Crippen LogP contribution is -2.69. The van der Waals surface area contributed by atoms with Gasteiger partial charge in [0.15, 0.2) is 6.23 Å². The quantitative estimate of drug-likeness (QED) is 0.162. The molecule has 2 unspecified atom stereocenters. The van der Waals surface area contributed by atoms with E-state index >= 15 is 0 Å². The smallest absolute Gasteiger partial charge is 0.330 e. The van der Waals surface area contributed by atoms with Crippen molar-refractivity contribution < 1.29 is 33.0 Å². The van der Waals surface area contributed by atoms with Crippen molar-refractivity contribution in [2.24, 2.45) is 5.92 Å². The fraction of sp³-hybridized carbons (Fsp3) is 0.484. The molecule has 1 aliphatic heterocycles. The molecule has 11 nitrogen and oxygen atoms in total. The number of methoxy groups -OCH3 is 1. The van der Waals surface area contributed by atoms with Crippen LogP contribution in [-0.4, -0.2) is 71.9 Å². The molecule has 2 aromatic carbocycles. The van der Waals surface area contributed by atoms with Gasteiger partial charge in [-0.2, -0.15) is 0 Å². The Morgan fingerprint density at radius 2 is 1.59 bits per heavy atom. The Hall–Kier alpha value is -2.67. The van der Waals surface area contributed by atoms with Crippen LogP contribution in [0.4, 0.5) is 0 Å². The van der Waals surface area contributed by atoms with Crippen molar-refractivity contribution in [1.29, 1.82) is 0 Å². The summed E-state index contributed by atoms with van der Waals surface area (Å²) in [4.78, 5) is 48.0. The number of benzene rings is 2. The van der Waals surface area contributed by atoms with Gasteiger partial charge in [-0.15, -0.1) is 0 Å². The van der Waals surface area contributed by atoms with Crippen LogP contribution in [0.15, 0.2) is 76.4 Å². The van der Waals surface area contributed by atoms with Crippen LogP contribution in [0.25, 0.3) is 0 Å². The monoisotopic (exact) mass is 644 g/mol. The van der Waals surface area contributed by atoms with Crippen molar-refractivity contribution in [3.05, 3.63) is 93.3 Å². The first-order valence-electron chi connectivity index (χ1n) is 14.7. The van der Waals surface area contributed by atoms with Crippen molar-refractivity contribution in [3.8, 4) is 0 Å². The number of hydrogen-bond donors (Lipinski definition) is 3. The first kappa shape index (κ1) is 32.7. The molecule has 6 atom stereocenters. The third-order valence-electron chi connectivity index (χ3n) is 8.63. The van der Waals surface area contributed by atoms with Gasteiger partial charge >= 0.3 is 13.3 Å². The second kappa shape index (κ2) is 12.6. The van der Waals surface area contributed by atoms with Gasteiger partial charge in [0.25, 0.3) is 13.9 Å². The Labute approximate surface area is 257 Å². The minimum atomic E-state index is -4.42. The van der Waals surface area contributed by atoms with Gasteiger partial charge < -0.3 is 28.4 Å². The second-order valence-corrected chi connectivity index (χ2v) is 18.7. The number of nitrogens with one attached hydrogen (secondary N) is 1. The molecule has 1 aromatic heterocycles. The molecule has 0 spiro atoms. The molecule has 3 aromatic rings. The van der Waals surface area contributed by atoms with E-state index in [-0.39, 0.29) is 19.6 Å². The Kier molecular flexibility index (Phi) is 9.38. The van der Waals surface area contributed by atoms with Crippen LogP contribution >= 0.6 is 7.60 Å². The van der Waals surface area contributed by atoms with E-state index in [1.807, 2.05) is 36.4 Å². The largest absolute Gasteiger partial charge is 0.399 e. The van der Waals surface area contributed by atoms with Gasteiger partial charge in [-0.05, 0) is 28.8 Å². The van der Waals surface area contributed by atoms with Crippen LogP contribution in [-0.2, 0) is 23.2 Å². The highest BCUT2D eigenvalue weighted by Gasteiger charge is 2.64. The van der Waals surface area contributed by atoms with E-state index in [2.05, 4.69) is 50.0 Å². The summed E-state index contributed by atoms with van der Waals surface area (Å²) in [6.07, 6.45) is -1.89. The van der Waals surface area contributed by atoms with E-state index < -0.39 is 68.3 Å². The Morgan fingerprint density at radius 3 is 2.09 bits per heavy atom. The van der Waals surface area contributed by atoms with Crippen LogP contribution in [0.2, 0.25) is 5.04 Å². The molecular formula is C31H41N2O9PSi. The van der Waals surface area contributed by atoms with E-state index in [0.29, 0.717) is 5.56 Å². The number of nitrogens with zero attached hydrogens (tertiary/aromatic N) is 1. The number of H-pyrrole nitrogens is 1. The van der Waals surface area contributed by atoms with Crippen LogP contribution < -0.4 is 21.6 Å². The normalized spacial score (nSPS) is 25.7. The topological polar surface area (TPSA) is 149 Å². The van der Waals surface area contributed by atoms with E-state index in [9.17, 15) is 23.9 Å². The highest BCUT2D eigenvalue weighted by atomic mass is 31.2. The van der Waals surface area contributed by atoms with Crippen molar-refractivity contribution in [3.63, 3.8) is 0 Å². The molecule has 5 rings (SSSR count). The predicted octanol–water partition coefficient (Wildman–Crippen LogP) is 2.29. The molecule has 1 saturated carbocycles. The first-order valence-corrected chi connectivity index (χ1v) is 18.3. The lowest BCUT2D eigenvalue weighted by atomic mass is 10.1. The molecule has 13 heteroatoms. The summed E-state index contributed by atoms with van der Waals surface area (Å²) in [5.41, 5.74) is -1.79. The fourth-order valence-electron chi connectivity index (χ4n) is 6.42. The van der Waals surface area contributed by atoms with Gasteiger partial charge in [0, 0.05) is 24.8 Å². The molecule has 2 fully saturated rings. The second-order valence-electron chi connectivity index (χ2n) is 12.6. The lowest BCUT2D eigenvalue weighted by molar-refractivity contribution is -0.0796. The maximum absolute atomic E-state index is 13.2. The lowest BCUT2D eigenvalue weighted by Gasteiger charge is -2.46. The van der Waals surface area contributed by atoms with Crippen molar-refractivity contribution in [2.75, 3.05) is 20.3 Å². The summed E-state index contributed by atoms with van der Waals surface area (Å²) in [7, 11) is -6.10.